The van der Waals surface area contributed by atoms with Crippen molar-refractivity contribution in [3.8, 4) is 11.8 Å². The SMILES string of the molecule is CC(=O)O.CC(=O)O.CCCCCCC#CCC(O)CCCCO. The van der Waals surface area contributed by atoms with Crippen molar-refractivity contribution in [2.24, 2.45) is 0 Å². The molecule has 0 aliphatic heterocycles. The van der Waals surface area contributed by atoms with Gasteiger partial charge < -0.3 is 20.4 Å². The van der Waals surface area contributed by atoms with Gasteiger partial charge in [0.1, 0.15) is 0 Å². The Labute approximate surface area is 145 Å². The molecule has 0 heterocycles. The summed E-state index contributed by atoms with van der Waals surface area (Å²) in [4.78, 5) is 18.0. The zero-order valence-electron chi connectivity index (χ0n) is 15.3. The van der Waals surface area contributed by atoms with Gasteiger partial charge in [0.05, 0.1) is 6.10 Å². The van der Waals surface area contributed by atoms with E-state index in [2.05, 4.69) is 18.8 Å². The van der Waals surface area contributed by atoms with Crippen LogP contribution in [0.1, 0.15) is 78.6 Å². The van der Waals surface area contributed by atoms with Crippen LogP contribution >= 0.6 is 0 Å². The minimum Gasteiger partial charge on any atom is -0.481 e. The monoisotopic (exact) mass is 346 g/mol. The lowest BCUT2D eigenvalue weighted by Crippen LogP contribution is -2.04. The number of aliphatic hydroxyl groups excluding tert-OH is 2. The number of carbonyl (C=O) groups is 2. The molecule has 0 bridgehead atoms. The molecule has 0 aliphatic rings. The molecular formula is C18H34O6. The van der Waals surface area contributed by atoms with E-state index in [9.17, 15) is 5.11 Å². The van der Waals surface area contributed by atoms with Gasteiger partial charge in [-0.15, -0.1) is 11.8 Å². The van der Waals surface area contributed by atoms with Crippen LogP contribution in [0.15, 0.2) is 0 Å². The highest BCUT2D eigenvalue weighted by molar-refractivity contribution is 5.63. The van der Waals surface area contributed by atoms with Crippen molar-refractivity contribution in [3.63, 3.8) is 0 Å². The van der Waals surface area contributed by atoms with Crippen LogP contribution in [0.4, 0.5) is 0 Å². The molecule has 4 N–H and O–H groups in total. The normalized spacial score (nSPS) is 10.0. The first-order chi connectivity index (χ1) is 11.3. The quantitative estimate of drug-likeness (QED) is 0.377. The fourth-order valence-electron chi connectivity index (χ4n) is 1.51. The van der Waals surface area contributed by atoms with Crippen molar-refractivity contribution >= 4 is 11.9 Å². The first kappa shape index (κ1) is 27.3. The summed E-state index contributed by atoms with van der Waals surface area (Å²) in [7, 11) is 0. The van der Waals surface area contributed by atoms with Gasteiger partial charge in [0.15, 0.2) is 0 Å². The van der Waals surface area contributed by atoms with Crippen LogP contribution in [0.3, 0.4) is 0 Å². The van der Waals surface area contributed by atoms with Crippen molar-refractivity contribution in [2.45, 2.75) is 84.7 Å². The summed E-state index contributed by atoms with van der Waals surface area (Å²) < 4.78 is 0. The molecule has 0 radical (unpaired) electrons. The van der Waals surface area contributed by atoms with Crippen LogP contribution in [0, 0.1) is 11.8 Å². The molecule has 0 aromatic rings. The molecule has 0 amide bonds. The Morgan fingerprint density at radius 1 is 0.917 bits per heavy atom. The van der Waals surface area contributed by atoms with Crippen LogP contribution in [-0.2, 0) is 9.59 Å². The second-order valence-corrected chi connectivity index (χ2v) is 5.28. The van der Waals surface area contributed by atoms with Gasteiger partial charge in [-0.25, -0.2) is 0 Å². The number of hydrogen-bond donors (Lipinski definition) is 4. The summed E-state index contributed by atoms with van der Waals surface area (Å²) in [5, 5.41) is 33.0. The van der Waals surface area contributed by atoms with Crippen molar-refractivity contribution in [1.29, 1.82) is 0 Å². The Morgan fingerprint density at radius 3 is 1.92 bits per heavy atom. The van der Waals surface area contributed by atoms with Crippen molar-refractivity contribution < 1.29 is 30.0 Å². The zero-order chi connectivity index (χ0) is 19.2. The predicted octanol–water partition coefficient (Wildman–Crippen LogP) is 3.06. The number of carboxylic acid groups (broad SMARTS) is 2. The summed E-state index contributed by atoms with van der Waals surface area (Å²) in [5.74, 6) is 4.47. The number of aliphatic hydroxyl groups is 2. The second-order valence-electron chi connectivity index (χ2n) is 5.28. The van der Waals surface area contributed by atoms with Crippen molar-refractivity contribution in [1.82, 2.24) is 0 Å². The highest BCUT2D eigenvalue weighted by Gasteiger charge is 2.00. The maximum absolute atomic E-state index is 9.53. The minimum atomic E-state index is -0.833. The smallest absolute Gasteiger partial charge is 0.300 e. The first-order valence-corrected chi connectivity index (χ1v) is 8.41. The van der Waals surface area contributed by atoms with Gasteiger partial charge in [-0.05, 0) is 25.7 Å². The van der Waals surface area contributed by atoms with Crippen LogP contribution in [0.2, 0.25) is 0 Å². The van der Waals surface area contributed by atoms with E-state index in [0.29, 0.717) is 6.42 Å². The van der Waals surface area contributed by atoms with Gasteiger partial charge in [0, 0.05) is 33.3 Å². The number of carboxylic acids is 2. The Balaban J connectivity index is -0.000000457. The van der Waals surface area contributed by atoms with Gasteiger partial charge in [-0.2, -0.15) is 0 Å². The molecule has 0 aromatic carbocycles. The topological polar surface area (TPSA) is 115 Å². The highest BCUT2D eigenvalue weighted by atomic mass is 16.4. The molecule has 0 aromatic heterocycles. The van der Waals surface area contributed by atoms with Gasteiger partial charge in [0.25, 0.3) is 11.9 Å². The van der Waals surface area contributed by atoms with Crippen LogP contribution in [0.5, 0.6) is 0 Å². The van der Waals surface area contributed by atoms with Gasteiger partial charge in [-0.3, -0.25) is 9.59 Å². The third-order valence-electron chi connectivity index (χ3n) is 2.56. The van der Waals surface area contributed by atoms with Crippen molar-refractivity contribution in [2.75, 3.05) is 6.61 Å². The van der Waals surface area contributed by atoms with Crippen LogP contribution in [-0.4, -0.2) is 45.1 Å². The molecule has 0 aliphatic carbocycles. The zero-order valence-corrected chi connectivity index (χ0v) is 15.3. The van der Waals surface area contributed by atoms with Crippen LogP contribution in [0.25, 0.3) is 0 Å². The molecular weight excluding hydrogens is 312 g/mol. The maximum atomic E-state index is 9.53. The molecule has 142 valence electrons. The molecule has 0 rings (SSSR count). The average Bonchev–Trinajstić information content (AvgIpc) is 2.45. The number of aliphatic carboxylic acids is 2. The fraction of sp³-hybridized carbons (Fsp3) is 0.778. The molecule has 0 saturated heterocycles. The van der Waals surface area contributed by atoms with Crippen molar-refractivity contribution in [3.05, 3.63) is 0 Å². The van der Waals surface area contributed by atoms with E-state index in [4.69, 9.17) is 24.9 Å². The molecule has 6 heteroatoms. The van der Waals surface area contributed by atoms with E-state index < -0.39 is 11.9 Å². The predicted molar refractivity (Wildman–Crippen MR) is 94.7 cm³/mol. The summed E-state index contributed by atoms with van der Waals surface area (Å²) in [6.07, 6.45) is 8.66. The molecule has 1 unspecified atom stereocenters. The molecule has 0 spiro atoms. The molecule has 0 fully saturated rings. The molecule has 0 saturated carbocycles. The Hall–Kier alpha value is -1.58. The van der Waals surface area contributed by atoms with Gasteiger partial charge >= 0.3 is 0 Å². The van der Waals surface area contributed by atoms with E-state index in [0.717, 1.165) is 39.5 Å². The number of unbranched alkanes of at least 4 members (excludes halogenated alkanes) is 5. The lowest BCUT2D eigenvalue weighted by Gasteiger charge is -2.04. The third-order valence-corrected chi connectivity index (χ3v) is 2.56. The molecule has 6 nitrogen and oxygen atoms in total. The van der Waals surface area contributed by atoms with E-state index >= 15 is 0 Å². The lowest BCUT2D eigenvalue weighted by molar-refractivity contribution is -0.135. The molecule has 24 heavy (non-hydrogen) atoms. The lowest BCUT2D eigenvalue weighted by atomic mass is 10.1. The summed E-state index contributed by atoms with van der Waals surface area (Å²) in [6.45, 7) is 4.59. The third kappa shape index (κ3) is 49.9. The number of hydrogen-bond acceptors (Lipinski definition) is 4. The van der Waals surface area contributed by atoms with Gasteiger partial charge in [-0.1, -0.05) is 26.2 Å². The van der Waals surface area contributed by atoms with E-state index in [1.54, 1.807) is 0 Å². The van der Waals surface area contributed by atoms with Gasteiger partial charge in [0.2, 0.25) is 0 Å². The Bertz CT molecular complexity index is 323. The first-order valence-electron chi connectivity index (χ1n) is 8.41. The summed E-state index contributed by atoms with van der Waals surface area (Å²) in [5.41, 5.74) is 0. The average molecular weight is 346 g/mol. The molecule has 1 atom stereocenters. The standard InChI is InChI=1S/C14H26O2.2C2H4O2/c1-2-3-4-5-6-7-8-11-14(16)12-9-10-13-15;2*1-2(3)4/h14-16H,2-6,9-13H2,1H3;2*1H3,(H,3,4). The van der Waals surface area contributed by atoms with Crippen LogP contribution < -0.4 is 0 Å². The Kier molecular flexibility index (Phi) is 26.9. The number of rotatable bonds is 9. The second kappa shape index (κ2) is 23.7. The Morgan fingerprint density at radius 2 is 1.46 bits per heavy atom. The summed E-state index contributed by atoms with van der Waals surface area (Å²) >= 11 is 0. The highest BCUT2D eigenvalue weighted by Crippen LogP contribution is 2.04. The summed E-state index contributed by atoms with van der Waals surface area (Å²) in [6, 6.07) is 0. The largest absolute Gasteiger partial charge is 0.481 e. The van der Waals surface area contributed by atoms with E-state index in [1.165, 1.54) is 25.7 Å². The van der Waals surface area contributed by atoms with E-state index in [-0.39, 0.29) is 12.7 Å². The minimum absolute atomic E-state index is 0.218. The maximum Gasteiger partial charge on any atom is 0.300 e. The van der Waals surface area contributed by atoms with E-state index in [1.807, 2.05) is 0 Å². The fourth-order valence-corrected chi connectivity index (χ4v) is 1.51.